The van der Waals surface area contributed by atoms with Crippen molar-refractivity contribution in [1.29, 1.82) is 0 Å². The Morgan fingerprint density at radius 2 is 2.06 bits per heavy atom. The van der Waals surface area contributed by atoms with Crippen molar-refractivity contribution in [2.24, 2.45) is 23.1 Å². The van der Waals surface area contributed by atoms with Crippen molar-refractivity contribution in [1.82, 2.24) is 0 Å². The zero-order valence-electron chi connectivity index (χ0n) is 10.4. The maximum atomic E-state index is 11.7. The fourth-order valence-electron chi connectivity index (χ4n) is 2.83. The lowest BCUT2D eigenvalue weighted by Gasteiger charge is -2.37. The second-order valence-electron chi connectivity index (χ2n) is 5.86. The van der Waals surface area contributed by atoms with E-state index in [-0.39, 0.29) is 29.3 Å². The van der Waals surface area contributed by atoms with Crippen LogP contribution in [-0.2, 0) is 9.63 Å². The number of carbonyl (C=O) groups excluding carboxylic acids is 1. The summed E-state index contributed by atoms with van der Waals surface area (Å²) in [4.78, 5) is 16.1. The normalized spacial score (nSPS) is 28.6. The Balaban J connectivity index is 2.80. The molecule has 0 amide bonds. The fourth-order valence-corrected chi connectivity index (χ4v) is 2.83. The summed E-state index contributed by atoms with van der Waals surface area (Å²) in [6.07, 6.45) is 3.17. The molecule has 0 heterocycles. The topological polar surface area (TPSA) is 72.5 Å². The number of aliphatic hydroxyl groups excluding tert-OH is 1. The number of hydrogen-bond donors (Lipinski definition) is 2. The number of rotatable bonds is 2. The van der Waals surface area contributed by atoms with E-state index in [4.69, 9.17) is 5.90 Å². The van der Waals surface area contributed by atoms with Gasteiger partial charge in [-0.1, -0.05) is 27.2 Å². The van der Waals surface area contributed by atoms with E-state index in [1.165, 1.54) is 0 Å². The van der Waals surface area contributed by atoms with E-state index in [1.807, 2.05) is 20.8 Å². The van der Waals surface area contributed by atoms with Crippen LogP contribution < -0.4 is 5.90 Å². The molecule has 0 unspecified atom stereocenters. The second-order valence-corrected chi connectivity index (χ2v) is 5.86. The predicted octanol–water partition coefficient (Wildman–Crippen LogP) is 1.62. The zero-order valence-corrected chi connectivity index (χ0v) is 10.4. The molecule has 0 aromatic rings. The molecule has 1 rings (SSSR count). The molecule has 1 aliphatic rings. The van der Waals surface area contributed by atoms with Crippen LogP contribution in [0, 0.1) is 17.3 Å². The third-order valence-corrected chi connectivity index (χ3v) is 3.46. The first-order chi connectivity index (χ1) is 7.36. The van der Waals surface area contributed by atoms with Gasteiger partial charge in [0.15, 0.2) is 0 Å². The Bertz CT molecular complexity index is 247. The average molecular weight is 229 g/mol. The van der Waals surface area contributed by atoms with Gasteiger partial charge in [0, 0.05) is 0 Å². The van der Waals surface area contributed by atoms with Gasteiger partial charge in [-0.15, -0.1) is 0 Å². The summed E-state index contributed by atoms with van der Waals surface area (Å²) < 4.78 is 0. The van der Waals surface area contributed by atoms with Crippen molar-refractivity contribution in [2.75, 3.05) is 0 Å². The highest BCUT2D eigenvalue weighted by Gasteiger charge is 2.40. The third kappa shape index (κ3) is 3.19. The molecule has 3 atom stereocenters. The molecule has 0 saturated heterocycles. The van der Waals surface area contributed by atoms with E-state index in [0.717, 1.165) is 19.3 Å². The van der Waals surface area contributed by atoms with Crippen molar-refractivity contribution in [2.45, 2.75) is 52.6 Å². The minimum absolute atomic E-state index is 0.180. The first kappa shape index (κ1) is 13.5. The summed E-state index contributed by atoms with van der Waals surface area (Å²) in [6.45, 7) is 6.03. The molecule has 1 fully saturated rings. The van der Waals surface area contributed by atoms with E-state index in [0.29, 0.717) is 6.42 Å². The molecular weight excluding hydrogens is 206 g/mol. The molecule has 0 aromatic heterocycles. The summed E-state index contributed by atoms with van der Waals surface area (Å²) in [5.41, 5.74) is -0.182. The Morgan fingerprint density at radius 1 is 1.44 bits per heavy atom. The maximum Gasteiger partial charge on any atom is 0.328 e. The largest absolute Gasteiger partial charge is 0.393 e. The molecule has 3 N–H and O–H groups in total. The Hall–Kier alpha value is -0.610. The van der Waals surface area contributed by atoms with Crippen LogP contribution in [0.2, 0.25) is 0 Å². The molecule has 0 aliphatic heterocycles. The zero-order chi connectivity index (χ0) is 12.3. The Morgan fingerprint density at radius 3 is 2.50 bits per heavy atom. The molecule has 0 bridgehead atoms. The summed E-state index contributed by atoms with van der Waals surface area (Å²) in [7, 11) is 0. The molecule has 16 heavy (non-hydrogen) atoms. The molecule has 0 aromatic carbocycles. The highest BCUT2D eigenvalue weighted by Crippen LogP contribution is 2.40. The van der Waals surface area contributed by atoms with E-state index in [1.54, 1.807) is 0 Å². The van der Waals surface area contributed by atoms with Crippen LogP contribution in [0.4, 0.5) is 0 Å². The van der Waals surface area contributed by atoms with Gasteiger partial charge in [-0.25, -0.2) is 0 Å². The van der Waals surface area contributed by atoms with Crippen LogP contribution in [0.3, 0.4) is 0 Å². The quantitative estimate of drug-likeness (QED) is 0.706. The number of aliphatic hydroxyl groups is 1. The first-order valence-corrected chi connectivity index (χ1v) is 5.95. The van der Waals surface area contributed by atoms with E-state index >= 15 is 0 Å². The maximum absolute atomic E-state index is 11.7. The van der Waals surface area contributed by atoms with Crippen LogP contribution in [0.25, 0.3) is 0 Å². The lowest BCUT2D eigenvalue weighted by molar-refractivity contribution is -0.157. The average Bonchev–Trinajstić information content (AvgIpc) is 2.15. The first-order valence-electron chi connectivity index (χ1n) is 5.95. The van der Waals surface area contributed by atoms with Crippen molar-refractivity contribution in [3.8, 4) is 0 Å². The highest BCUT2D eigenvalue weighted by atomic mass is 16.7. The summed E-state index contributed by atoms with van der Waals surface area (Å²) in [5.74, 6) is 4.60. The number of carbonyl (C=O) groups is 1. The Kier molecular flexibility index (Phi) is 4.33. The SMILES string of the molecule is CC(C)(C)[C@@H](C(=O)ON)[C@H]1CCC[C@H](O)C1. The second kappa shape index (κ2) is 5.15. The smallest absolute Gasteiger partial charge is 0.328 e. The van der Waals surface area contributed by atoms with Gasteiger partial charge in [0.25, 0.3) is 0 Å². The van der Waals surface area contributed by atoms with Gasteiger partial charge in [0.1, 0.15) is 0 Å². The molecule has 94 valence electrons. The lowest BCUT2D eigenvalue weighted by atomic mass is 9.68. The van der Waals surface area contributed by atoms with Crippen molar-refractivity contribution < 1.29 is 14.7 Å². The molecule has 4 nitrogen and oxygen atoms in total. The van der Waals surface area contributed by atoms with Gasteiger partial charge >= 0.3 is 5.97 Å². The molecule has 0 spiro atoms. The highest BCUT2D eigenvalue weighted by molar-refractivity contribution is 5.73. The predicted molar refractivity (Wildman–Crippen MR) is 61.2 cm³/mol. The summed E-state index contributed by atoms with van der Waals surface area (Å²) >= 11 is 0. The van der Waals surface area contributed by atoms with Crippen LogP contribution >= 0.6 is 0 Å². The summed E-state index contributed by atoms with van der Waals surface area (Å²) in [6, 6.07) is 0. The van der Waals surface area contributed by atoms with Gasteiger partial charge in [-0.05, 0) is 30.6 Å². The van der Waals surface area contributed by atoms with Crippen molar-refractivity contribution >= 4 is 5.97 Å². The minimum Gasteiger partial charge on any atom is -0.393 e. The van der Waals surface area contributed by atoms with Gasteiger partial charge in [-0.2, -0.15) is 5.90 Å². The molecule has 1 aliphatic carbocycles. The number of nitrogens with two attached hydrogens (primary N) is 1. The molecular formula is C12H23NO3. The van der Waals surface area contributed by atoms with Crippen LogP contribution in [0.5, 0.6) is 0 Å². The van der Waals surface area contributed by atoms with Crippen LogP contribution in [-0.4, -0.2) is 17.2 Å². The van der Waals surface area contributed by atoms with Gasteiger partial charge < -0.3 is 9.94 Å². The minimum atomic E-state index is -0.355. The van der Waals surface area contributed by atoms with Crippen LogP contribution in [0.15, 0.2) is 0 Å². The standard InChI is InChI=1S/C12H23NO3/c1-12(2,3)10(11(15)16-13)8-5-4-6-9(14)7-8/h8-10,14H,4-7,13H2,1-3H3/t8-,9-,10+/m0/s1. The van der Waals surface area contributed by atoms with E-state index in [9.17, 15) is 9.90 Å². The van der Waals surface area contributed by atoms with E-state index < -0.39 is 0 Å². The van der Waals surface area contributed by atoms with Crippen LogP contribution in [0.1, 0.15) is 46.5 Å². The van der Waals surface area contributed by atoms with Crippen molar-refractivity contribution in [3.63, 3.8) is 0 Å². The fraction of sp³-hybridized carbons (Fsp3) is 0.917. The van der Waals surface area contributed by atoms with Gasteiger partial charge in [0.05, 0.1) is 12.0 Å². The summed E-state index contributed by atoms with van der Waals surface area (Å²) in [5, 5.41) is 9.67. The monoisotopic (exact) mass is 229 g/mol. The lowest BCUT2D eigenvalue weighted by Crippen LogP contribution is -2.40. The molecule has 1 saturated carbocycles. The molecule has 0 radical (unpaired) electrons. The third-order valence-electron chi connectivity index (χ3n) is 3.46. The Labute approximate surface area is 97.1 Å². The van der Waals surface area contributed by atoms with E-state index in [2.05, 4.69) is 4.84 Å². The van der Waals surface area contributed by atoms with Crippen molar-refractivity contribution in [3.05, 3.63) is 0 Å². The van der Waals surface area contributed by atoms with Gasteiger partial charge in [0.2, 0.25) is 0 Å². The number of hydrogen-bond acceptors (Lipinski definition) is 4. The molecule has 4 heteroatoms. The van der Waals surface area contributed by atoms with Gasteiger partial charge in [-0.3, -0.25) is 4.79 Å².